The van der Waals surface area contributed by atoms with Crippen molar-refractivity contribution in [1.82, 2.24) is 0 Å². The second-order valence-electron chi connectivity index (χ2n) is 10.7. The summed E-state index contributed by atoms with van der Waals surface area (Å²) in [5, 5.41) is 0. The number of hydrogen-bond donors (Lipinski definition) is 0. The molecule has 0 aromatic heterocycles. The van der Waals surface area contributed by atoms with E-state index in [-0.39, 0.29) is 59.3 Å². The van der Waals surface area contributed by atoms with Crippen molar-refractivity contribution in [3.05, 3.63) is 0 Å². The van der Waals surface area contributed by atoms with E-state index in [1.54, 1.807) is 0 Å². The molecule has 0 rings (SSSR count). The molecule has 0 saturated heterocycles. The van der Waals surface area contributed by atoms with Gasteiger partial charge < -0.3 is 41.9 Å². The molecule has 3 atom stereocenters. The molecule has 259 valence electrons. The summed E-state index contributed by atoms with van der Waals surface area (Å²) in [5.41, 5.74) is 0. The third-order valence-electron chi connectivity index (χ3n) is 6.21. The Morgan fingerprint density at radius 3 is 0.744 bits per heavy atom. The first-order chi connectivity index (χ1) is 19.9. The molecular weight excluding hydrogens is 741 g/mol. The first kappa shape index (κ1) is 51.6. The molecule has 43 heavy (non-hydrogen) atoms. The van der Waals surface area contributed by atoms with Gasteiger partial charge in [-0.2, -0.15) is 0 Å². The van der Waals surface area contributed by atoms with Gasteiger partial charge in [-0.25, -0.2) is 0 Å². The van der Waals surface area contributed by atoms with Crippen LogP contribution in [0.25, 0.3) is 0 Å². The Morgan fingerprint density at radius 1 is 0.372 bits per heavy atom. The normalized spacial score (nSPS) is 15.0. The summed E-state index contributed by atoms with van der Waals surface area (Å²) in [4.78, 5) is 33.8. The van der Waals surface area contributed by atoms with Crippen molar-refractivity contribution >= 4 is 22.8 Å². The van der Waals surface area contributed by atoms with Gasteiger partial charge in [0.1, 0.15) is 22.8 Å². The Hall–Kier alpha value is 1.80. The molecule has 0 aliphatic rings. The van der Waals surface area contributed by atoms with Crippen LogP contribution in [0.1, 0.15) is 157 Å². The zero-order valence-corrected chi connectivity index (χ0v) is 34.4. The van der Waals surface area contributed by atoms with Gasteiger partial charge in [-0.15, -0.1) is 0 Å². The molecule has 0 aliphatic carbocycles. The van der Waals surface area contributed by atoms with Crippen LogP contribution in [0, 0.1) is 40.8 Å². The number of unbranched alkanes of at least 4 members (excludes halogenated alkanes) is 12. The zero-order chi connectivity index (χ0) is 32.6. The van der Waals surface area contributed by atoms with Crippen LogP contribution in [0.5, 0.6) is 0 Å². The largest absolute Gasteiger partial charge is 3.00 e. The first-order valence-electron chi connectivity index (χ1n) is 16.7. The molecule has 0 heterocycles. The van der Waals surface area contributed by atoms with Gasteiger partial charge in [-0.1, -0.05) is 119 Å². The Morgan fingerprint density at radius 2 is 0.558 bits per heavy atom. The van der Waals surface area contributed by atoms with E-state index in [0.717, 1.165) is 116 Å². The Kier molecular flexibility index (Phi) is 44.0. The van der Waals surface area contributed by atoms with Gasteiger partial charge in [0.2, 0.25) is 0 Å². The minimum Gasteiger partial charge on any atom is -0.778 e. The maximum Gasteiger partial charge on any atom is 3.00 e. The summed E-state index contributed by atoms with van der Waals surface area (Å²) in [6.07, 6.45) is 17.7. The molecule has 9 nitrogen and oxygen atoms in total. The topological polar surface area (TPSA) is 148 Å². The van der Waals surface area contributed by atoms with E-state index in [1.165, 1.54) is 0 Å². The average molecular weight is 808 g/mol. The standard InChI is InChI=1S/3C10H23O3P.Nd/c3*1-3-5-7-9-13-14(11,12)10-8-6-4-2;/h3*3-10H2,1-2H3,(H,11,12);/q;;;+3/p-3. The molecule has 0 amide bonds. The minimum atomic E-state index is -3.51. The summed E-state index contributed by atoms with van der Waals surface area (Å²) in [5.74, 6) is 0. The summed E-state index contributed by atoms with van der Waals surface area (Å²) >= 11 is 0. The average Bonchev–Trinajstić information content (AvgIpc) is 2.93. The summed E-state index contributed by atoms with van der Waals surface area (Å²) in [6, 6.07) is 0. The molecule has 0 aromatic rings. The summed E-state index contributed by atoms with van der Waals surface area (Å²) in [6.45, 7) is 13.5. The smallest absolute Gasteiger partial charge is 0.778 e. The van der Waals surface area contributed by atoms with Crippen molar-refractivity contribution in [2.45, 2.75) is 157 Å². The molecular formula is C30H66NdO9P3. The van der Waals surface area contributed by atoms with Crippen LogP contribution in [-0.4, -0.2) is 38.3 Å². The molecule has 13 heteroatoms. The van der Waals surface area contributed by atoms with E-state index in [4.69, 9.17) is 13.6 Å². The van der Waals surface area contributed by atoms with Gasteiger partial charge in [0, 0.05) is 18.5 Å². The first-order valence-corrected chi connectivity index (χ1v) is 21.9. The van der Waals surface area contributed by atoms with Crippen molar-refractivity contribution in [2.24, 2.45) is 0 Å². The molecule has 0 saturated carbocycles. The van der Waals surface area contributed by atoms with Crippen LogP contribution < -0.4 is 14.7 Å². The van der Waals surface area contributed by atoms with Crippen molar-refractivity contribution in [3.8, 4) is 0 Å². The van der Waals surface area contributed by atoms with Crippen LogP contribution >= 0.6 is 22.8 Å². The third kappa shape index (κ3) is 46.0. The van der Waals surface area contributed by atoms with Gasteiger partial charge in [0.15, 0.2) is 0 Å². The van der Waals surface area contributed by atoms with E-state index >= 15 is 0 Å². The molecule has 0 aliphatic heterocycles. The van der Waals surface area contributed by atoms with Crippen LogP contribution in [0.15, 0.2) is 0 Å². The number of rotatable bonds is 27. The molecule has 0 spiro atoms. The minimum absolute atomic E-state index is 0. The zero-order valence-electron chi connectivity index (χ0n) is 28.5. The van der Waals surface area contributed by atoms with Crippen LogP contribution in [-0.2, 0) is 27.3 Å². The van der Waals surface area contributed by atoms with Gasteiger partial charge >= 0.3 is 40.8 Å². The number of hydrogen-bond acceptors (Lipinski definition) is 9. The van der Waals surface area contributed by atoms with E-state index in [1.807, 2.05) is 0 Å². The van der Waals surface area contributed by atoms with E-state index in [9.17, 15) is 28.4 Å². The molecule has 3 unspecified atom stereocenters. The SMILES string of the molecule is CCCCCOP(=O)([O-])CCCCC.CCCCCOP(=O)([O-])CCCCC.CCCCCOP(=O)([O-])CCCCC.[Nd+3]. The molecule has 0 fully saturated rings. The Labute approximate surface area is 298 Å². The molecule has 0 N–H and O–H groups in total. The van der Waals surface area contributed by atoms with Gasteiger partial charge in [-0.3, -0.25) is 0 Å². The Balaban J connectivity index is -0.000000262. The maximum atomic E-state index is 11.3. The van der Waals surface area contributed by atoms with Crippen molar-refractivity contribution in [1.29, 1.82) is 0 Å². The van der Waals surface area contributed by atoms with Crippen LogP contribution in [0.4, 0.5) is 0 Å². The van der Waals surface area contributed by atoms with E-state index < -0.39 is 22.8 Å². The quantitative estimate of drug-likeness (QED) is 0.0587. The van der Waals surface area contributed by atoms with Crippen molar-refractivity contribution < 1.29 is 82.8 Å². The second kappa shape index (κ2) is 36.6. The fourth-order valence-electron chi connectivity index (χ4n) is 3.53. The molecule has 0 aromatic carbocycles. The monoisotopic (exact) mass is 805 g/mol. The fourth-order valence-corrected chi connectivity index (χ4v) is 6.97. The summed E-state index contributed by atoms with van der Waals surface area (Å²) in [7, 11) is -10.5. The Bertz CT molecular complexity index is 609. The second-order valence-corrected chi connectivity index (χ2v) is 16.5. The van der Waals surface area contributed by atoms with Gasteiger partial charge in [0.05, 0.1) is 19.8 Å². The summed E-state index contributed by atoms with van der Waals surface area (Å²) < 4.78 is 48.5. The predicted octanol–water partition coefficient (Wildman–Crippen LogP) is 8.81. The fraction of sp³-hybridized carbons (Fsp3) is 1.00. The van der Waals surface area contributed by atoms with Crippen molar-refractivity contribution in [3.63, 3.8) is 0 Å². The molecule has 0 bridgehead atoms. The van der Waals surface area contributed by atoms with Gasteiger partial charge in [0.25, 0.3) is 0 Å². The third-order valence-corrected chi connectivity index (χ3v) is 10.5. The maximum absolute atomic E-state index is 11.3. The van der Waals surface area contributed by atoms with E-state index in [0.29, 0.717) is 19.8 Å². The van der Waals surface area contributed by atoms with Crippen LogP contribution in [0.2, 0.25) is 0 Å². The molecule has 1 radical (unpaired) electrons. The van der Waals surface area contributed by atoms with Gasteiger partial charge in [-0.05, 0) is 38.5 Å². The predicted molar refractivity (Wildman–Crippen MR) is 172 cm³/mol. The van der Waals surface area contributed by atoms with E-state index in [2.05, 4.69) is 41.5 Å². The van der Waals surface area contributed by atoms with Crippen molar-refractivity contribution in [2.75, 3.05) is 38.3 Å². The van der Waals surface area contributed by atoms with Crippen LogP contribution in [0.3, 0.4) is 0 Å².